The van der Waals surface area contributed by atoms with Gasteiger partial charge < -0.3 is 5.73 Å². The van der Waals surface area contributed by atoms with Crippen molar-refractivity contribution in [3.8, 4) is 0 Å². The monoisotopic (exact) mass is 173 g/mol. The third kappa shape index (κ3) is 4.68. The van der Waals surface area contributed by atoms with Crippen molar-refractivity contribution in [1.29, 1.82) is 0 Å². The van der Waals surface area contributed by atoms with Crippen LogP contribution in [0.15, 0.2) is 0 Å². The van der Waals surface area contributed by atoms with E-state index in [-0.39, 0.29) is 12.3 Å². The summed E-state index contributed by atoms with van der Waals surface area (Å²) in [6.07, 6.45) is 2.14. The summed E-state index contributed by atoms with van der Waals surface area (Å²) in [4.78, 5) is 21.0. The van der Waals surface area contributed by atoms with Crippen molar-refractivity contribution in [2.75, 3.05) is 0 Å². The first-order valence-electron chi connectivity index (χ1n) is 3.61. The molecule has 2 amide bonds. The number of amides is 2. The maximum absolute atomic E-state index is 10.5. The molecular weight excluding hydrogens is 160 g/mol. The molecule has 0 aliphatic carbocycles. The van der Waals surface area contributed by atoms with Crippen molar-refractivity contribution in [3.63, 3.8) is 0 Å². The zero-order valence-electron chi connectivity index (χ0n) is 6.91. The summed E-state index contributed by atoms with van der Waals surface area (Å²) in [6, 6.07) is 0. The molecule has 0 aliphatic heterocycles. The van der Waals surface area contributed by atoms with Gasteiger partial charge in [0.2, 0.25) is 11.8 Å². The van der Waals surface area contributed by atoms with Crippen LogP contribution in [0.1, 0.15) is 19.8 Å². The van der Waals surface area contributed by atoms with Crippen molar-refractivity contribution in [2.45, 2.75) is 19.8 Å². The third-order valence-electron chi connectivity index (χ3n) is 1.46. The zero-order chi connectivity index (χ0) is 9.56. The van der Waals surface area contributed by atoms with Gasteiger partial charge in [-0.1, -0.05) is 6.92 Å². The minimum atomic E-state index is -0.494. The van der Waals surface area contributed by atoms with Gasteiger partial charge in [-0.2, -0.15) is 0 Å². The molecule has 0 spiro atoms. The lowest BCUT2D eigenvalue weighted by Crippen LogP contribution is -2.22. The minimum absolute atomic E-state index is 0.0914. The molecule has 0 aliphatic rings. The standard InChI is InChI=1S/C7H13N2O3/c1-5(7(8)11)3-2-4-6(10)9-12/h2,5,12H,3-4H2,1H3,(H2,8,11)(H,9,10)/t5-/m1/s1. The van der Waals surface area contributed by atoms with Crippen LogP contribution in [0.25, 0.3) is 0 Å². The van der Waals surface area contributed by atoms with E-state index in [1.54, 1.807) is 13.3 Å². The Morgan fingerprint density at radius 3 is 2.67 bits per heavy atom. The molecule has 0 saturated heterocycles. The average Bonchev–Trinajstić information content (AvgIpc) is 2.03. The largest absolute Gasteiger partial charge is 0.369 e. The van der Waals surface area contributed by atoms with Gasteiger partial charge >= 0.3 is 0 Å². The number of carbonyl (C=O) groups excluding carboxylic acids is 2. The van der Waals surface area contributed by atoms with Gasteiger partial charge in [-0.15, -0.1) is 0 Å². The van der Waals surface area contributed by atoms with Crippen LogP contribution >= 0.6 is 0 Å². The highest BCUT2D eigenvalue weighted by molar-refractivity contribution is 5.77. The molecular formula is C7H13N2O3. The molecule has 69 valence electrons. The van der Waals surface area contributed by atoms with Gasteiger partial charge in [0.25, 0.3) is 0 Å². The summed E-state index contributed by atoms with van der Waals surface area (Å²) in [5.41, 5.74) is 6.46. The number of hydrogen-bond acceptors (Lipinski definition) is 3. The molecule has 0 saturated carbocycles. The maximum atomic E-state index is 10.5. The molecule has 0 aromatic rings. The summed E-state index contributed by atoms with van der Waals surface area (Å²) in [5, 5.41) is 8.10. The Labute approximate surface area is 70.9 Å². The Morgan fingerprint density at radius 1 is 1.67 bits per heavy atom. The lowest BCUT2D eigenvalue weighted by atomic mass is 10.0. The van der Waals surface area contributed by atoms with Gasteiger partial charge in [0.05, 0.1) is 0 Å². The Bertz CT molecular complexity index is 170. The second kappa shape index (κ2) is 5.54. The fourth-order valence-corrected chi connectivity index (χ4v) is 0.626. The quantitative estimate of drug-likeness (QED) is 0.390. The van der Waals surface area contributed by atoms with Crippen LogP contribution in [0.2, 0.25) is 0 Å². The Morgan fingerprint density at radius 2 is 2.25 bits per heavy atom. The molecule has 0 fully saturated rings. The first-order valence-corrected chi connectivity index (χ1v) is 3.61. The lowest BCUT2D eigenvalue weighted by Gasteiger charge is -2.04. The Hall–Kier alpha value is -1.10. The number of hydroxylamine groups is 1. The third-order valence-corrected chi connectivity index (χ3v) is 1.46. The lowest BCUT2D eigenvalue weighted by molar-refractivity contribution is -0.128. The second-order valence-corrected chi connectivity index (χ2v) is 2.57. The summed E-state index contributed by atoms with van der Waals surface area (Å²) in [6.45, 7) is 1.68. The molecule has 12 heavy (non-hydrogen) atoms. The van der Waals surface area contributed by atoms with E-state index in [2.05, 4.69) is 0 Å². The van der Waals surface area contributed by atoms with Gasteiger partial charge in [-0.3, -0.25) is 14.8 Å². The second-order valence-electron chi connectivity index (χ2n) is 2.57. The number of nitrogens with one attached hydrogen (secondary N) is 1. The fourth-order valence-electron chi connectivity index (χ4n) is 0.626. The van der Waals surface area contributed by atoms with Crippen LogP contribution in [0.4, 0.5) is 0 Å². The van der Waals surface area contributed by atoms with E-state index in [0.29, 0.717) is 6.42 Å². The number of primary amides is 1. The van der Waals surface area contributed by atoms with Gasteiger partial charge in [-0.25, -0.2) is 5.48 Å². The molecule has 5 nitrogen and oxygen atoms in total. The summed E-state index contributed by atoms with van der Waals surface area (Å²) >= 11 is 0. The van der Waals surface area contributed by atoms with Crippen LogP contribution in [-0.4, -0.2) is 17.0 Å². The normalized spacial score (nSPS) is 12.2. The summed E-state index contributed by atoms with van der Waals surface area (Å²) < 4.78 is 0. The van der Waals surface area contributed by atoms with Crippen LogP contribution in [0.3, 0.4) is 0 Å². The smallest absolute Gasteiger partial charge is 0.243 e. The maximum Gasteiger partial charge on any atom is 0.243 e. The van der Waals surface area contributed by atoms with Crippen LogP contribution in [0.5, 0.6) is 0 Å². The van der Waals surface area contributed by atoms with Crippen molar-refractivity contribution in [3.05, 3.63) is 6.42 Å². The molecule has 0 rings (SSSR count). The predicted octanol–water partition coefficient (Wildman–Crippen LogP) is -0.402. The van der Waals surface area contributed by atoms with Crippen molar-refractivity contribution >= 4 is 11.8 Å². The topological polar surface area (TPSA) is 92.4 Å². The summed E-state index contributed by atoms with van der Waals surface area (Å²) in [7, 11) is 0. The molecule has 0 aromatic carbocycles. The molecule has 1 radical (unpaired) electrons. The van der Waals surface area contributed by atoms with Crippen LogP contribution < -0.4 is 11.2 Å². The molecule has 0 bridgehead atoms. The Kier molecular flexibility index (Phi) is 5.03. The highest BCUT2D eigenvalue weighted by Crippen LogP contribution is 2.05. The predicted molar refractivity (Wildman–Crippen MR) is 41.8 cm³/mol. The SMILES string of the molecule is C[C@H](C[CH]CC(=O)NO)C(N)=O. The van der Waals surface area contributed by atoms with Gasteiger partial charge in [0.15, 0.2) is 0 Å². The Balaban J connectivity index is 3.43. The van der Waals surface area contributed by atoms with Gasteiger partial charge in [-0.05, 0) is 12.8 Å². The highest BCUT2D eigenvalue weighted by Gasteiger charge is 2.09. The van der Waals surface area contributed by atoms with Gasteiger partial charge in [0.1, 0.15) is 0 Å². The van der Waals surface area contributed by atoms with E-state index in [9.17, 15) is 9.59 Å². The van der Waals surface area contributed by atoms with E-state index in [1.165, 1.54) is 5.48 Å². The van der Waals surface area contributed by atoms with E-state index in [0.717, 1.165) is 0 Å². The van der Waals surface area contributed by atoms with Crippen LogP contribution in [-0.2, 0) is 9.59 Å². The number of carbonyl (C=O) groups is 2. The molecule has 5 heteroatoms. The fraction of sp³-hybridized carbons (Fsp3) is 0.571. The number of nitrogens with two attached hydrogens (primary N) is 1. The molecule has 0 aromatic heterocycles. The number of hydrogen-bond donors (Lipinski definition) is 3. The van der Waals surface area contributed by atoms with E-state index < -0.39 is 11.8 Å². The first-order chi connectivity index (χ1) is 5.57. The van der Waals surface area contributed by atoms with E-state index in [4.69, 9.17) is 10.9 Å². The highest BCUT2D eigenvalue weighted by atomic mass is 16.5. The van der Waals surface area contributed by atoms with Crippen molar-refractivity contribution in [1.82, 2.24) is 5.48 Å². The molecule has 1 atom stereocenters. The van der Waals surface area contributed by atoms with Crippen molar-refractivity contribution in [2.24, 2.45) is 11.7 Å². The first kappa shape index (κ1) is 10.9. The van der Waals surface area contributed by atoms with Gasteiger partial charge in [0, 0.05) is 12.3 Å². The van der Waals surface area contributed by atoms with Crippen molar-refractivity contribution < 1.29 is 14.8 Å². The number of rotatable bonds is 5. The molecule has 0 unspecified atom stereocenters. The molecule has 4 N–H and O–H groups in total. The van der Waals surface area contributed by atoms with Crippen LogP contribution in [0, 0.1) is 12.3 Å². The zero-order valence-corrected chi connectivity index (χ0v) is 6.91. The van der Waals surface area contributed by atoms with E-state index in [1.807, 2.05) is 0 Å². The van der Waals surface area contributed by atoms with E-state index >= 15 is 0 Å². The average molecular weight is 173 g/mol. The molecule has 0 heterocycles. The summed E-state index contributed by atoms with van der Waals surface area (Å²) in [5.74, 6) is -1.15. The minimum Gasteiger partial charge on any atom is -0.369 e.